The number of nitrogens with zero attached hydrogens (tertiary/aromatic N) is 2. The van der Waals surface area contributed by atoms with Gasteiger partial charge in [0.05, 0.1) is 4.90 Å². The number of benzene rings is 1. The highest BCUT2D eigenvalue weighted by atomic mass is 32.2. The summed E-state index contributed by atoms with van der Waals surface area (Å²) in [6.07, 6.45) is 5.61. The summed E-state index contributed by atoms with van der Waals surface area (Å²) in [5, 5.41) is 0. The van der Waals surface area contributed by atoms with Gasteiger partial charge in [-0.15, -0.1) is 0 Å². The van der Waals surface area contributed by atoms with Crippen molar-refractivity contribution in [1.82, 2.24) is 9.21 Å². The van der Waals surface area contributed by atoms with Gasteiger partial charge in [-0.25, -0.2) is 8.42 Å². The van der Waals surface area contributed by atoms with E-state index in [1.165, 1.54) is 0 Å². The smallest absolute Gasteiger partial charge is 0.243 e. The molecule has 2 fully saturated rings. The quantitative estimate of drug-likeness (QED) is 0.677. The highest BCUT2D eigenvalue weighted by Gasteiger charge is 2.36. The number of amides is 1. The summed E-state index contributed by atoms with van der Waals surface area (Å²) in [5.41, 5.74) is 1.16. The van der Waals surface area contributed by atoms with Crippen molar-refractivity contribution in [3.05, 3.63) is 29.8 Å². The van der Waals surface area contributed by atoms with Crippen LogP contribution in [0.2, 0.25) is 0 Å². The van der Waals surface area contributed by atoms with Crippen LogP contribution in [0.4, 0.5) is 0 Å². The zero-order chi connectivity index (χ0) is 20.9. The van der Waals surface area contributed by atoms with Crippen LogP contribution < -0.4 is 0 Å². The summed E-state index contributed by atoms with van der Waals surface area (Å²) >= 11 is 0. The molecule has 0 radical (unpaired) electrons. The minimum Gasteiger partial charge on any atom is -0.381 e. The third-order valence-corrected chi connectivity index (χ3v) is 8.00. The Balaban J connectivity index is 1.66. The molecule has 0 atom stereocenters. The van der Waals surface area contributed by atoms with Crippen molar-refractivity contribution in [2.75, 3.05) is 26.3 Å². The third kappa shape index (κ3) is 5.19. The van der Waals surface area contributed by atoms with Crippen LogP contribution in [0.5, 0.6) is 0 Å². The Morgan fingerprint density at radius 2 is 1.62 bits per heavy atom. The zero-order valence-electron chi connectivity index (χ0n) is 17.7. The van der Waals surface area contributed by atoms with Gasteiger partial charge >= 0.3 is 0 Å². The maximum atomic E-state index is 13.1. The minimum atomic E-state index is -3.48. The Kier molecular flexibility index (Phi) is 7.71. The lowest BCUT2D eigenvalue weighted by atomic mass is 9.98. The summed E-state index contributed by atoms with van der Waals surface area (Å²) in [7, 11) is -3.48. The number of hydrogen-bond acceptors (Lipinski definition) is 4. The normalized spacial score (nSPS) is 19.9. The average Bonchev–Trinajstić information content (AvgIpc) is 2.75. The van der Waals surface area contributed by atoms with Crippen molar-refractivity contribution in [1.29, 1.82) is 0 Å². The number of sulfonamides is 1. The molecule has 0 aliphatic carbocycles. The van der Waals surface area contributed by atoms with Crippen molar-refractivity contribution in [2.45, 2.75) is 75.8 Å². The fourth-order valence-corrected chi connectivity index (χ4v) is 5.95. The third-order valence-electron chi connectivity index (χ3n) is 6.09. The molecule has 1 aromatic carbocycles. The molecule has 1 amide bonds. The van der Waals surface area contributed by atoms with Gasteiger partial charge in [-0.3, -0.25) is 4.79 Å². The van der Waals surface area contributed by atoms with E-state index in [2.05, 4.69) is 6.92 Å². The van der Waals surface area contributed by atoms with Crippen LogP contribution in [0, 0.1) is 0 Å². The lowest BCUT2D eigenvalue weighted by Gasteiger charge is -2.43. The standard InChI is InChI=1S/C22H34N2O4S/c1-3-5-18-6-8-21(9-7-18)29(26,27)23-14-10-19(11-15-23)24(22(25)4-2)20-12-16-28-17-13-20/h6-9,19-20H,3-5,10-17H2,1-2H3. The van der Waals surface area contributed by atoms with Gasteiger partial charge in [0.2, 0.25) is 15.9 Å². The zero-order valence-corrected chi connectivity index (χ0v) is 18.5. The number of hydrogen-bond donors (Lipinski definition) is 0. The van der Waals surface area contributed by atoms with Crippen LogP contribution in [0.25, 0.3) is 0 Å². The van der Waals surface area contributed by atoms with E-state index in [1.807, 2.05) is 24.0 Å². The van der Waals surface area contributed by atoms with Gasteiger partial charge in [-0.2, -0.15) is 4.31 Å². The molecule has 1 aromatic rings. The number of carbonyl (C=O) groups is 1. The molecule has 2 heterocycles. The first-order valence-corrected chi connectivity index (χ1v) is 12.4. The van der Waals surface area contributed by atoms with Crippen LogP contribution in [0.3, 0.4) is 0 Å². The van der Waals surface area contributed by atoms with Crippen molar-refractivity contribution >= 4 is 15.9 Å². The molecule has 0 unspecified atom stereocenters. The molecule has 0 bridgehead atoms. The SMILES string of the molecule is CCCc1ccc(S(=O)(=O)N2CCC(N(C(=O)CC)C3CCOCC3)CC2)cc1. The summed E-state index contributed by atoms with van der Waals surface area (Å²) in [5.74, 6) is 0.171. The Labute approximate surface area is 175 Å². The van der Waals surface area contributed by atoms with Crippen LogP contribution in [-0.2, 0) is 26.0 Å². The van der Waals surface area contributed by atoms with Crippen molar-refractivity contribution in [3.63, 3.8) is 0 Å². The van der Waals surface area contributed by atoms with Gasteiger partial charge in [0.15, 0.2) is 0 Å². The number of carbonyl (C=O) groups excluding carboxylic acids is 1. The molecule has 29 heavy (non-hydrogen) atoms. The molecule has 0 spiro atoms. The molecule has 2 saturated heterocycles. The summed E-state index contributed by atoms with van der Waals surface area (Å²) in [6.45, 7) is 6.32. The minimum absolute atomic E-state index is 0.115. The van der Waals surface area contributed by atoms with Crippen LogP contribution >= 0.6 is 0 Å². The molecule has 3 rings (SSSR count). The topological polar surface area (TPSA) is 66.9 Å². The average molecular weight is 423 g/mol. The maximum Gasteiger partial charge on any atom is 0.243 e. The van der Waals surface area contributed by atoms with Crippen molar-refractivity contribution in [2.24, 2.45) is 0 Å². The first-order valence-electron chi connectivity index (χ1n) is 10.9. The number of aryl methyl sites for hydroxylation is 1. The lowest BCUT2D eigenvalue weighted by molar-refractivity contribution is -0.139. The van der Waals surface area contributed by atoms with E-state index in [-0.39, 0.29) is 18.0 Å². The van der Waals surface area contributed by atoms with E-state index in [9.17, 15) is 13.2 Å². The molecule has 6 nitrogen and oxygen atoms in total. The fourth-order valence-electron chi connectivity index (χ4n) is 4.48. The van der Waals surface area contributed by atoms with Gasteiger partial charge in [0, 0.05) is 44.8 Å². The largest absolute Gasteiger partial charge is 0.381 e. The summed E-state index contributed by atoms with van der Waals surface area (Å²) in [4.78, 5) is 15.1. The Bertz CT molecular complexity index is 765. The first-order chi connectivity index (χ1) is 14.0. The van der Waals surface area contributed by atoms with E-state index in [0.717, 1.165) is 31.2 Å². The highest BCUT2D eigenvalue weighted by molar-refractivity contribution is 7.89. The molecule has 2 aliphatic rings. The number of ether oxygens (including phenoxy) is 1. The van der Waals surface area contributed by atoms with E-state index in [4.69, 9.17) is 4.74 Å². The van der Waals surface area contributed by atoms with Gasteiger partial charge in [0.25, 0.3) is 0 Å². The van der Waals surface area contributed by atoms with E-state index in [0.29, 0.717) is 50.5 Å². The van der Waals surface area contributed by atoms with E-state index in [1.54, 1.807) is 16.4 Å². The number of piperidine rings is 1. The van der Waals surface area contributed by atoms with E-state index >= 15 is 0 Å². The fraction of sp³-hybridized carbons (Fsp3) is 0.682. The molecule has 0 aromatic heterocycles. The van der Waals surface area contributed by atoms with E-state index < -0.39 is 10.0 Å². The van der Waals surface area contributed by atoms with Gasteiger partial charge < -0.3 is 9.64 Å². The van der Waals surface area contributed by atoms with Crippen molar-refractivity contribution < 1.29 is 17.9 Å². The molecule has 0 N–H and O–H groups in total. The van der Waals surface area contributed by atoms with Gasteiger partial charge in [-0.05, 0) is 49.8 Å². The second-order valence-corrected chi connectivity index (χ2v) is 9.97. The summed E-state index contributed by atoms with van der Waals surface area (Å²) < 4.78 is 33.1. The highest BCUT2D eigenvalue weighted by Crippen LogP contribution is 2.27. The second kappa shape index (κ2) is 10.0. The van der Waals surface area contributed by atoms with Gasteiger partial charge in [0.1, 0.15) is 0 Å². The second-order valence-electron chi connectivity index (χ2n) is 8.03. The monoisotopic (exact) mass is 422 g/mol. The maximum absolute atomic E-state index is 13.1. The number of rotatable bonds is 7. The predicted molar refractivity (Wildman–Crippen MR) is 113 cm³/mol. The molecule has 162 valence electrons. The van der Waals surface area contributed by atoms with Gasteiger partial charge in [-0.1, -0.05) is 32.4 Å². The van der Waals surface area contributed by atoms with Crippen LogP contribution in [0.15, 0.2) is 29.2 Å². The van der Waals surface area contributed by atoms with Crippen LogP contribution in [0.1, 0.15) is 57.9 Å². The van der Waals surface area contributed by atoms with Crippen molar-refractivity contribution in [3.8, 4) is 0 Å². The predicted octanol–water partition coefficient (Wildman–Crippen LogP) is 3.21. The van der Waals surface area contributed by atoms with Crippen LogP contribution in [-0.4, -0.2) is 61.9 Å². The molecule has 2 aliphatic heterocycles. The Hall–Kier alpha value is -1.44. The lowest BCUT2D eigenvalue weighted by Crippen LogP contribution is -2.53. The summed E-state index contributed by atoms with van der Waals surface area (Å²) in [6, 6.07) is 7.61. The first kappa shape index (κ1) is 22.2. The molecule has 0 saturated carbocycles. The molecular weight excluding hydrogens is 388 g/mol. The molecule has 7 heteroatoms. The molecular formula is C22H34N2O4S. The Morgan fingerprint density at radius 3 is 2.17 bits per heavy atom. The Morgan fingerprint density at radius 1 is 1.03 bits per heavy atom.